The normalized spacial score (nSPS) is 13.8. The van der Waals surface area contributed by atoms with E-state index in [-0.39, 0.29) is 11.7 Å². The molecule has 2 aromatic heterocycles. The van der Waals surface area contributed by atoms with Crippen molar-refractivity contribution < 1.29 is 14.3 Å². The van der Waals surface area contributed by atoms with Crippen molar-refractivity contribution in [2.45, 2.75) is 37.2 Å². The van der Waals surface area contributed by atoms with E-state index in [2.05, 4.69) is 30.6 Å². The number of nitrogens with zero attached hydrogens (tertiary/aromatic N) is 5. The van der Waals surface area contributed by atoms with Crippen LogP contribution in [0.2, 0.25) is 0 Å². The van der Waals surface area contributed by atoms with Crippen molar-refractivity contribution in [3.63, 3.8) is 0 Å². The van der Waals surface area contributed by atoms with Crippen LogP contribution in [0.1, 0.15) is 25.1 Å². The molecule has 4 rings (SSSR count). The first-order chi connectivity index (χ1) is 18.3. The molecule has 1 fully saturated rings. The van der Waals surface area contributed by atoms with Gasteiger partial charge in [0.25, 0.3) is 0 Å². The highest BCUT2D eigenvalue weighted by atomic mass is 32.2. The van der Waals surface area contributed by atoms with Gasteiger partial charge in [-0.25, -0.2) is 9.97 Å². The van der Waals surface area contributed by atoms with Gasteiger partial charge in [0.2, 0.25) is 11.7 Å². The van der Waals surface area contributed by atoms with E-state index in [0.717, 1.165) is 54.7 Å². The Labute approximate surface area is 226 Å². The van der Waals surface area contributed by atoms with Crippen molar-refractivity contribution in [1.29, 1.82) is 0 Å². The van der Waals surface area contributed by atoms with Gasteiger partial charge in [-0.2, -0.15) is 5.10 Å². The SMILES string of the molecule is COc1c(Nc2cc(C)[nH]n2)nc(Sc2ccc(CC(C)=O)cc2)nc1N1CCN(CCNC(C)=O)CC1. The number of ether oxygens (including phenoxy) is 1. The van der Waals surface area contributed by atoms with Gasteiger partial charge in [0, 0.05) is 69.3 Å². The second-order valence-corrected chi connectivity index (χ2v) is 10.2. The van der Waals surface area contributed by atoms with Crippen molar-refractivity contribution >= 4 is 40.9 Å². The molecule has 1 aliphatic heterocycles. The summed E-state index contributed by atoms with van der Waals surface area (Å²) in [4.78, 5) is 37.8. The van der Waals surface area contributed by atoms with Crippen LogP contribution in [0, 0.1) is 6.92 Å². The third-order valence-electron chi connectivity index (χ3n) is 6.04. The molecule has 11 nitrogen and oxygen atoms in total. The minimum atomic E-state index is -0.0139. The molecule has 12 heteroatoms. The average Bonchev–Trinajstić information content (AvgIpc) is 3.29. The fourth-order valence-corrected chi connectivity index (χ4v) is 4.95. The van der Waals surface area contributed by atoms with Gasteiger partial charge in [-0.3, -0.25) is 19.6 Å². The first-order valence-electron chi connectivity index (χ1n) is 12.5. The molecule has 3 N–H and O–H groups in total. The molecular formula is C26H34N8O3S. The largest absolute Gasteiger partial charge is 0.490 e. The number of methoxy groups -OCH3 is 1. The molecule has 3 heterocycles. The molecule has 0 radical (unpaired) electrons. The van der Waals surface area contributed by atoms with E-state index in [1.165, 1.54) is 18.7 Å². The van der Waals surface area contributed by atoms with Crippen LogP contribution in [0.25, 0.3) is 0 Å². The smallest absolute Gasteiger partial charge is 0.216 e. The first kappa shape index (κ1) is 27.4. The van der Waals surface area contributed by atoms with Gasteiger partial charge in [0.1, 0.15) is 5.78 Å². The molecule has 1 amide bonds. The van der Waals surface area contributed by atoms with Crippen molar-refractivity contribution in [1.82, 2.24) is 30.4 Å². The van der Waals surface area contributed by atoms with E-state index < -0.39 is 0 Å². The fourth-order valence-electron chi connectivity index (χ4n) is 4.20. The lowest BCUT2D eigenvalue weighted by Crippen LogP contribution is -2.48. The molecule has 1 aromatic carbocycles. The van der Waals surface area contributed by atoms with E-state index >= 15 is 0 Å². The monoisotopic (exact) mass is 538 g/mol. The zero-order valence-electron chi connectivity index (χ0n) is 22.2. The number of carbonyl (C=O) groups excluding carboxylic acids is 2. The highest BCUT2D eigenvalue weighted by Crippen LogP contribution is 2.38. The minimum absolute atomic E-state index is 0.0139. The number of hydrogen-bond acceptors (Lipinski definition) is 10. The molecule has 38 heavy (non-hydrogen) atoms. The number of carbonyl (C=O) groups is 2. The first-order valence-corrected chi connectivity index (χ1v) is 13.4. The topological polar surface area (TPSA) is 128 Å². The molecule has 3 aromatic rings. The van der Waals surface area contributed by atoms with Crippen LogP contribution >= 0.6 is 11.8 Å². The lowest BCUT2D eigenvalue weighted by atomic mass is 10.1. The molecule has 0 saturated carbocycles. The van der Waals surface area contributed by atoms with Gasteiger partial charge in [0.15, 0.2) is 22.6 Å². The number of anilines is 3. The zero-order valence-corrected chi connectivity index (χ0v) is 23.0. The number of hydrogen-bond donors (Lipinski definition) is 3. The maximum atomic E-state index is 11.4. The molecule has 0 bridgehead atoms. The minimum Gasteiger partial charge on any atom is -0.490 e. The van der Waals surface area contributed by atoms with Crippen LogP contribution < -0.4 is 20.3 Å². The predicted octanol–water partition coefficient (Wildman–Crippen LogP) is 2.80. The fraction of sp³-hybridized carbons (Fsp3) is 0.423. The van der Waals surface area contributed by atoms with E-state index in [4.69, 9.17) is 14.7 Å². The summed E-state index contributed by atoms with van der Waals surface area (Å²) in [7, 11) is 1.62. The summed E-state index contributed by atoms with van der Waals surface area (Å²) >= 11 is 1.45. The molecular weight excluding hydrogens is 504 g/mol. The van der Waals surface area contributed by atoms with E-state index in [9.17, 15) is 9.59 Å². The Hall–Kier alpha value is -3.64. The molecule has 0 atom stereocenters. The van der Waals surface area contributed by atoms with Gasteiger partial charge in [-0.1, -0.05) is 12.1 Å². The lowest BCUT2D eigenvalue weighted by molar-refractivity contribution is -0.119. The second-order valence-electron chi connectivity index (χ2n) is 9.21. The Morgan fingerprint density at radius 3 is 2.45 bits per heavy atom. The van der Waals surface area contributed by atoms with Crippen LogP contribution in [0.5, 0.6) is 5.75 Å². The van der Waals surface area contributed by atoms with Crippen LogP contribution in [-0.4, -0.2) is 83.1 Å². The van der Waals surface area contributed by atoms with E-state index in [1.54, 1.807) is 14.0 Å². The van der Waals surface area contributed by atoms with Crippen LogP contribution in [0.4, 0.5) is 17.5 Å². The summed E-state index contributed by atoms with van der Waals surface area (Å²) < 4.78 is 5.82. The molecule has 1 aliphatic rings. The van der Waals surface area contributed by atoms with Gasteiger partial charge in [-0.05, 0) is 43.3 Å². The quantitative estimate of drug-likeness (QED) is 0.314. The number of ketones is 1. The maximum absolute atomic E-state index is 11.4. The standard InChI is InChI=1S/C26H34N8O3S/c1-17-15-22(32-31-17)28-24-23(37-4)25(34-13-11-33(12-14-34)10-9-27-19(3)36)30-26(29-24)38-21-7-5-20(6-8-21)16-18(2)35/h5-8,15H,9-14,16H2,1-4H3,(H,27,36)(H2,28,29,30,31,32). The summed E-state index contributed by atoms with van der Waals surface area (Å²) in [5, 5.41) is 13.9. The number of Topliss-reactive ketones (excluding diaryl/α,β-unsaturated/α-hetero) is 1. The summed E-state index contributed by atoms with van der Waals surface area (Å²) in [5.74, 6) is 2.56. The van der Waals surface area contributed by atoms with Gasteiger partial charge in [0.05, 0.1) is 7.11 Å². The number of amides is 1. The maximum Gasteiger partial charge on any atom is 0.216 e. The Morgan fingerprint density at radius 2 is 1.84 bits per heavy atom. The molecule has 1 saturated heterocycles. The Morgan fingerprint density at radius 1 is 1.11 bits per heavy atom. The number of H-pyrrole nitrogens is 1. The molecule has 0 aliphatic carbocycles. The van der Waals surface area contributed by atoms with Crippen molar-refractivity contribution in [3.05, 3.63) is 41.6 Å². The predicted molar refractivity (Wildman–Crippen MR) is 147 cm³/mol. The van der Waals surface area contributed by atoms with Crippen molar-refractivity contribution in [2.75, 3.05) is 56.6 Å². The van der Waals surface area contributed by atoms with Gasteiger partial charge >= 0.3 is 0 Å². The average molecular weight is 539 g/mol. The van der Waals surface area contributed by atoms with Gasteiger partial charge < -0.3 is 20.3 Å². The van der Waals surface area contributed by atoms with Crippen LogP contribution in [0.3, 0.4) is 0 Å². The number of benzene rings is 1. The Balaban J connectivity index is 1.57. The second kappa shape index (κ2) is 12.7. The highest BCUT2D eigenvalue weighted by molar-refractivity contribution is 7.99. The van der Waals surface area contributed by atoms with Crippen LogP contribution in [-0.2, 0) is 16.0 Å². The van der Waals surface area contributed by atoms with Crippen molar-refractivity contribution in [3.8, 4) is 5.75 Å². The van der Waals surface area contributed by atoms with Gasteiger partial charge in [-0.15, -0.1) is 0 Å². The summed E-state index contributed by atoms with van der Waals surface area (Å²) in [5.41, 5.74) is 1.90. The molecule has 0 unspecified atom stereocenters. The summed E-state index contributed by atoms with van der Waals surface area (Å²) in [6, 6.07) is 9.78. The Kier molecular flexibility index (Phi) is 9.19. The zero-order chi connectivity index (χ0) is 27.1. The Bertz CT molecular complexity index is 1260. The third-order valence-corrected chi connectivity index (χ3v) is 6.92. The number of aromatic amines is 1. The molecule has 0 spiro atoms. The van der Waals surface area contributed by atoms with E-state index in [1.807, 2.05) is 37.3 Å². The lowest BCUT2D eigenvalue weighted by Gasteiger charge is -2.36. The molecule has 202 valence electrons. The highest BCUT2D eigenvalue weighted by Gasteiger charge is 2.25. The van der Waals surface area contributed by atoms with Crippen LogP contribution in [0.15, 0.2) is 40.4 Å². The number of aryl methyl sites for hydroxylation is 1. The summed E-state index contributed by atoms with van der Waals surface area (Å²) in [6.07, 6.45) is 0.419. The number of aromatic nitrogens is 4. The number of rotatable bonds is 11. The summed E-state index contributed by atoms with van der Waals surface area (Å²) in [6.45, 7) is 9.71. The third kappa shape index (κ3) is 7.45. The van der Waals surface area contributed by atoms with E-state index in [0.29, 0.717) is 35.5 Å². The number of piperazine rings is 1. The number of nitrogens with one attached hydrogen (secondary N) is 3. The van der Waals surface area contributed by atoms with Crippen molar-refractivity contribution in [2.24, 2.45) is 0 Å².